The van der Waals surface area contributed by atoms with E-state index >= 15 is 0 Å². The fourth-order valence-corrected chi connectivity index (χ4v) is 2.90. The topological polar surface area (TPSA) is 47.9 Å². The van der Waals surface area contributed by atoms with Gasteiger partial charge in [0.15, 0.2) is 0 Å². The van der Waals surface area contributed by atoms with Crippen molar-refractivity contribution in [3.63, 3.8) is 0 Å². The molecule has 0 bridgehead atoms. The summed E-state index contributed by atoms with van der Waals surface area (Å²) in [5, 5.41) is 10.2. The van der Waals surface area contributed by atoms with Crippen LogP contribution in [0.1, 0.15) is 33.1 Å². The summed E-state index contributed by atoms with van der Waals surface area (Å²) in [7, 11) is 3.23. The normalized spacial score (nSPS) is 25.7. The summed E-state index contributed by atoms with van der Waals surface area (Å²) in [4.78, 5) is 0. The molecule has 1 saturated carbocycles. The van der Waals surface area contributed by atoms with E-state index in [1.807, 2.05) is 12.1 Å². The van der Waals surface area contributed by atoms with Crippen LogP contribution in [0, 0.1) is 11.8 Å². The van der Waals surface area contributed by atoms with Crippen molar-refractivity contribution in [2.24, 2.45) is 11.8 Å². The minimum Gasteiger partial charge on any atom is -0.496 e. The maximum Gasteiger partial charge on any atom is 0.127 e. The van der Waals surface area contributed by atoms with Gasteiger partial charge in [0.1, 0.15) is 23.4 Å². The number of hydrogen-bond donors (Lipinski definition) is 1. The van der Waals surface area contributed by atoms with E-state index < -0.39 is 6.10 Å². The Morgan fingerprint density at radius 1 is 1.00 bits per heavy atom. The molecule has 1 aromatic rings. The minimum atomic E-state index is -0.405. The molecule has 4 heteroatoms. The Morgan fingerprint density at radius 3 is 2.10 bits per heavy atom. The van der Waals surface area contributed by atoms with Crippen LogP contribution in [0.5, 0.6) is 17.2 Å². The molecule has 2 rings (SSSR count). The van der Waals surface area contributed by atoms with Gasteiger partial charge >= 0.3 is 0 Å². The number of hydrogen-bond acceptors (Lipinski definition) is 4. The Bertz CT molecular complexity index is 436. The van der Waals surface area contributed by atoms with Gasteiger partial charge in [0, 0.05) is 18.2 Å². The summed E-state index contributed by atoms with van der Waals surface area (Å²) < 4.78 is 16.5. The van der Waals surface area contributed by atoms with Crippen molar-refractivity contribution in [1.29, 1.82) is 0 Å². The zero-order chi connectivity index (χ0) is 15.4. The predicted octanol–water partition coefficient (Wildman–Crippen LogP) is 3.27. The lowest BCUT2D eigenvalue weighted by Gasteiger charge is -2.35. The molecule has 0 saturated heterocycles. The van der Waals surface area contributed by atoms with Gasteiger partial charge in [0.25, 0.3) is 0 Å². The summed E-state index contributed by atoms with van der Waals surface area (Å²) in [6, 6.07) is 5.46. The van der Waals surface area contributed by atoms with Gasteiger partial charge in [-0.25, -0.2) is 0 Å². The number of ether oxygens (including phenoxy) is 3. The van der Waals surface area contributed by atoms with Crippen LogP contribution in [0.4, 0.5) is 0 Å². The van der Waals surface area contributed by atoms with E-state index in [1.54, 1.807) is 20.3 Å². The van der Waals surface area contributed by atoms with Gasteiger partial charge in [-0.15, -0.1) is 0 Å². The fraction of sp³-hybridized carbons (Fsp3) is 0.647. The molecular weight excluding hydrogens is 268 g/mol. The van der Waals surface area contributed by atoms with E-state index in [1.165, 1.54) is 0 Å². The quantitative estimate of drug-likeness (QED) is 0.905. The molecule has 0 radical (unpaired) electrons. The largest absolute Gasteiger partial charge is 0.496 e. The first-order valence-corrected chi connectivity index (χ1v) is 7.61. The van der Waals surface area contributed by atoms with Crippen molar-refractivity contribution in [2.75, 3.05) is 14.2 Å². The summed E-state index contributed by atoms with van der Waals surface area (Å²) in [6.45, 7) is 4.46. The lowest BCUT2D eigenvalue weighted by molar-refractivity contribution is -0.0178. The number of aliphatic hydroxyl groups is 1. The molecule has 1 aliphatic rings. The molecule has 1 aromatic carbocycles. The second-order valence-electron chi connectivity index (χ2n) is 6.09. The molecule has 1 aliphatic carbocycles. The molecule has 0 amide bonds. The lowest BCUT2D eigenvalue weighted by Crippen LogP contribution is -2.39. The SMILES string of the molecule is COc1cc(OC)cc(OC2CC(C(C)C)CCC2O)c1. The maximum absolute atomic E-state index is 10.2. The van der Waals surface area contributed by atoms with Gasteiger partial charge in [-0.1, -0.05) is 13.8 Å². The van der Waals surface area contributed by atoms with E-state index in [4.69, 9.17) is 14.2 Å². The zero-order valence-electron chi connectivity index (χ0n) is 13.3. The number of benzene rings is 1. The minimum absolute atomic E-state index is 0.164. The highest BCUT2D eigenvalue weighted by Gasteiger charge is 2.32. The monoisotopic (exact) mass is 294 g/mol. The van der Waals surface area contributed by atoms with Gasteiger partial charge in [-0.05, 0) is 31.1 Å². The molecule has 1 N–H and O–H groups in total. The second kappa shape index (κ2) is 7.03. The van der Waals surface area contributed by atoms with Crippen molar-refractivity contribution >= 4 is 0 Å². The Balaban J connectivity index is 2.12. The molecule has 0 aliphatic heterocycles. The number of methoxy groups -OCH3 is 2. The van der Waals surface area contributed by atoms with E-state index in [9.17, 15) is 5.11 Å². The maximum atomic E-state index is 10.2. The third-order valence-electron chi connectivity index (χ3n) is 4.35. The molecule has 0 spiro atoms. The average Bonchev–Trinajstić information content (AvgIpc) is 2.48. The van der Waals surface area contributed by atoms with Crippen LogP contribution < -0.4 is 14.2 Å². The van der Waals surface area contributed by atoms with E-state index in [0.29, 0.717) is 29.1 Å². The molecule has 1 fully saturated rings. The molecule has 3 atom stereocenters. The molecule has 4 nitrogen and oxygen atoms in total. The van der Waals surface area contributed by atoms with Crippen molar-refractivity contribution in [3.05, 3.63) is 18.2 Å². The molecule has 21 heavy (non-hydrogen) atoms. The number of aliphatic hydroxyl groups excluding tert-OH is 1. The predicted molar refractivity (Wildman–Crippen MR) is 82.1 cm³/mol. The molecule has 0 heterocycles. The van der Waals surface area contributed by atoms with Gasteiger partial charge in [-0.2, -0.15) is 0 Å². The van der Waals surface area contributed by atoms with Crippen LogP contribution in [0.2, 0.25) is 0 Å². The van der Waals surface area contributed by atoms with Crippen molar-refractivity contribution in [2.45, 2.75) is 45.3 Å². The van der Waals surface area contributed by atoms with E-state index in [-0.39, 0.29) is 6.10 Å². The van der Waals surface area contributed by atoms with E-state index in [0.717, 1.165) is 19.3 Å². The highest BCUT2D eigenvalue weighted by atomic mass is 16.5. The zero-order valence-corrected chi connectivity index (χ0v) is 13.3. The Kier molecular flexibility index (Phi) is 5.34. The van der Waals surface area contributed by atoms with Crippen LogP contribution >= 0.6 is 0 Å². The summed E-state index contributed by atoms with van der Waals surface area (Å²) in [5.41, 5.74) is 0. The molecule has 3 unspecified atom stereocenters. The van der Waals surface area contributed by atoms with Crippen LogP contribution in [0.3, 0.4) is 0 Å². The summed E-state index contributed by atoms with van der Waals surface area (Å²) in [5.74, 6) is 3.28. The first-order valence-electron chi connectivity index (χ1n) is 7.61. The first-order chi connectivity index (χ1) is 10.0. The van der Waals surface area contributed by atoms with Crippen LogP contribution in [-0.4, -0.2) is 31.5 Å². The van der Waals surface area contributed by atoms with Crippen molar-refractivity contribution < 1.29 is 19.3 Å². The van der Waals surface area contributed by atoms with Crippen LogP contribution in [0.25, 0.3) is 0 Å². The second-order valence-corrected chi connectivity index (χ2v) is 6.09. The molecule has 0 aromatic heterocycles. The lowest BCUT2D eigenvalue weighted by atomic mass is 9.79. The first kappa shape index (κ1) is 16.0. The molecular formula is C17H26O4. The molecule has 118 valence electrons. The Hall–Kier alpha value is -1.42. The van der Waals surface area contributed by atoms with Crippen LogP contribution in [0.15, 0.2) is 18.2 Å². The summed E-state index contributed by atoms with van der Waals surface area (Å²) in [6.07, 6.45) is 2.19. The third-order valence-corrected chi connectivity index (χ3v) is 4.35. The fourth-order valence-electron chi connectivity index (χ4n) is 2.90. The average molecular weight is 294 g/mol. The Morgan fingerprint density at radius 2 is 1.57 bits per heavy atom. The van der Waals surface area contributed by atoms with Crippen molar-refractivity contribution in [3.8, 4) is 17.2 Å². The van der Waals surface area contributed by atoms with Crippen LogP contribution in [-0.2, 0) is 0 Å². The van der Waals surface area contributed by atoms with Gasteiger partial charge in [0.05, 0.1) is 20.3 Å². The van der Waals surface area contributed by atoms with E-state index in [2.05, 4.69) is 13.8 Å². The highest BCUT2D eigenvalue weighted by Crippen LogP contribution is 2.34. The van der Waals surface area contributed by atoms with Gasteiger partial charge < -0.3 is 19.3 Å². The third kappa shape index (κ3) is 4.03. The standard InChI is InChI=1S/C17H26O4/c1-11(2)12-5-6-16(18)17(7-12)21-15-9-13(19-3)8-14(10-15)20-4/h8-12,16-18H,5-7H2,1-4H3. The Labute approximate surface area is 127 Å². The smallest absolute Gasteiger partial charge is 0.127 e. The highest BCUT2D eigenvalue weighted by molar-refractivity contribution is 5.42. The van der Waals surface area contributed by atoms with Crippen molar-refractivity contribution in [1.82, 2.24) is 0 Å². The summed E-state index contributed by atoms with van der Waals surface area (Å²) >= 11 is 0. The number of rotatable bonds is 5. The van der Waals surface area contributed by atoms with Gasteiger partial charge in [0.2, 0.25) is 0 Å². The van der Waals surface area contributed by atoms with Gasteiger partial charge in [-0.3, -0.25) is 0 Å².